The van der Waals surface area contributed by atoms with Crippen molar-refractivity contribution in [2.75, 3.05) is 0 Å². The number of aromatic nitrogens is 4. The highest BCUT2D eigenvalue weighted by Crippen LogP contribution is 2.38. The Balaban J connectivity index is 1.15. The lowest BCUT2D eigenvalue weighted by Crippen LogP contribution is -2.02. The normalized spacial score (nSPS) is 11.8. The van der Waals surface area contributed by atoms with Gasteiger partial charge in [0.25, 0.3) is 0 Å². The number of hydrogen-bond donors (Lipinski definition) is 0. The fraction of sp³-hybridized carbons (Fsp3) is 0. The Bertz CT molecular complexity index is 3180. The van der Waals surface area contributed by atoms with Crippen LogP contribution in [0.2, 0.25) is 0 Å². The molecule has 0 aliphatic rings. The van der Waals surface area contributed by atoms with Crippen LogP contribution in [0.15, 0.2) is 182 Å². The molecule has 0 atom stereocenters. The molecule has 4 heteroatoms. The summed E-state index contributed by atoms with van der Waals surface area (Å²) in [6.45, 7) is 0. The minimum absolute atomic E-state index is 0.631. The maximum Gasteiger partial charge on any atom is 0.164 e. The van der Waals surface area contributed by atoms with E-state index in [1.165, 1.54) is 37.7 Å². The third-order valence-corrected chi connectivity index (χ3v) is 10.6. The average molecular weight is 675 g/mol. The second-order valence-corrected chi connectivity index (χ2v) is 13.6. The highest BCUT2D eigenvalue weighted by molar-refractivity contribution is 6.20. The van der Waals surface area contributed by atoms with Crippen LogP contribution in [-0.4, -0.2) is 19.5 Å². The molecule has 0 aliphatic heterocycles. The second-order valence-electron chi connectivity index (χ2n) is 13.6. The van der Waals surface area contributed by atoms with Crippen LogP contribution in [0.25, 0.3) is 105 Å². The zero-order valence-corrected chi connectivity index (χ0v) is 28.6. The highest BCUT2D eigenvalue weighted by atomic mass is 15.0. The maximum atomic E-state index is 5.24. The van der Waals surface area contributed by atoms with E-state index >= 15 is 0 Å². The number of fused-ring (bicyclic) bond motifs is 9. The van der Waals surface area contributed by atoms with E-state index in [2.05, 4.69) is 168 Å². The van der Waals surface area contributed by atoms with Crippen molar-refractivity contribution in [3.63, 3.8) is 0 Å². The van der Waals surface area contributed by atoms with E-state index in [1.807, 2.05) is 18.2 Å². The first kappa shape index (κ1) is 29.5. The zero-order valence-electron chi connectivity index (χ0n) is 28.6. The molecule has 2 heterocycles. The Morgan fingerprint density at radius 1 is 0.302 bits per heavy atom. The molecule has 0 bridgehead atoms. The molecule has 11 aromatic rings. The summed E-state index contributed by atoms with van der Waals surface area (Å²) in [6, 6.07) is 64.6. The third-order valence-electron chi connectivity index (χ3n) is 10.6. The molecule has 9 aromatic carbocycles. The van der Waals surface area contributed by atoms with Crippen molar-refractivity contribution < 1.29 is 0 Å². The van der Waals surface area contributed by atoms with Gasteiger partial charge in [0.05, 0.1) is 16.7 Å². The predicted octanol–water partition coefficient (Wildman–Crippen LogP) is 12.6. The summed E-state index contributed by atoms with van der Waals surface area (Å²) < 4.78 is 2.38. The van der Waals surface area contributed by atoms with Crippen LogP contribution < -0.4 is 0 Å². The van der Waals surface area contributed by atoms with E-state index in [9.17, 15) is 0 Å². The predicted molar refractivity (Wildman–Crippen MR) is 220 cm³/mol. The number of benzene rings is 9. The summed E-state index contributed by atoms with van der Waals surface area (Å²) in [5, 5.41) is 12.1. The molecule has 0 fully saturated rings. The SMILES string of the molecule is c1ccc(-c2nc(-c3cc(-n4c5ccccc5c5ccccc54)c4ccccc4c3)nc(-c3ccc4c(ccc5ccc6ccccc6c54)c3)n2)cc1. The Kier molecular flexibility index (Phi) is 6.52. The largest absolute Gasteiger partial charge is 0.309 e. The molecule has 2 aromatic heterocycles. The summed E-state index contributed by atoms with van der Waals surface area (Å²) in [7, 11) is 0. The Morgan fingerprint density at radius 3 is 1.53 bits per heavy atom. The smallest absolute Gasteiger partial charge is 0.164 e. The topological polar surface area (TPSA) is 43.6 Å². The van der Waals surface area contributed by atoms with Gasteiger partial charge in [0.2, 0.25) is 0 Å². The van der Waals surface area contributed by atoms with Crippen molar-refractivity contribution in [1.82, 2.24) is 19.5 Å². The van der Waals surface area contributed by atoms with Gasteiger partial charge in [0.1, 0.15) is 0 Å². The molecule has 4 nitrogen and oxygen atoms in total. The molecule has 0 unspecified atom stereocenters. The lowest BCUT2D eigenvalue weighted by molar-refractivity contribution is 1.07. The molecule has 0 amide bonds. The number of rotatable bonds is 4. The van der Waals surface area contributed by atoms with Crippen molar-refractivity contribution in [2.24, 2.45) is 0 Å². The van der Waals surface area contributed by atoms with Crippen molar-refractivity contribution in [3.05, 3.63) is 182 Å². The first-order valence-corrected chi connectivity index (χ1v) is 17.9. The van der Waals surface area contributed by atoms with Crippen LogP contribution in [0.1, 0.15) is 0 Å². The summed E-state index contributed by atoms with van der Waals surface area (Å²) in [6.07, 6.45) is 0. The molecular formula is C49H30N4. The maximum absolute atomic E-state index is 5.24. The summed E-state index contributed by atoms with van der Waals surface area (Å²) in [5.41, 5.74) is 6.23. The first-order chi connectivity index (χ1) is 26.3. The molecule has 0 radical (unpaired) electrons. The van der Waals surface area contributed by atoms with Crippen LogP contribution in [0.3, 0.4) is 0 Å². The Hall–Kier alpha value is -7.17. The van der Waals surface area contributed by atoms with Crippen LogP contribution in [0.5, 0.6) is 0 Å². The molecule has 11 rings (SSSR count). The molecule has 0 saturated heterocycles. The molecule has 246 valence electrons. The van der Waals surface area contributed by atoms with Crippen molar-refractivity contribution in [2.45, 2.75) is 0 Å². The van der Waals surface area contributed by atoms with Gasteiger partial charge in [-0.05, 0) is 68.0 Å². The number of para-hydroxylation sites is 2. The fourth-order valence-corrected chi connectivity index (χ4v) is 8.11. The van der Waals surface area contributed by atoms with Crippen LogP contribution >= 0.6 is 0 Å². The van der Waals surface area contributed by atoms with E-state index in [1.54, 1.807) is 0 Å². The average Bonchev–Trinajstić information content (AvgIpc) is 3.57. The molecule has 0 aliphatic carbocycles. The van der Waals surface area contributed by atoms with E-state index in [0.29, 0.717) is 17.5 Å². The molecule has 0 spiro atoms. The van der Waals surface area contributed by atoms with Crippen LogP contribution in [0.4, 0.5) is 0 Å². The minimum atomic E-state index is 0.631. The van der Waals surface area contributed by atoms with Crippen molar-refractivity contribution >= 4 is 64.9 Å². The first-order valence-electron chi connectivity index (χ1n) is 17.9. The summed E-state index contributed by atoms with van der Waals surface area (Å²) in [5.74, 6) is 1.91. The van der Waals surface area contributed by atoms with Gasteiger partial charge in [0, 0.05) is 32.8 Å². The second kappa shape index (κ2) is 11.7. The van der Waals surface area contributed by atoms with Crippen molar-refractivity contribution in [3.8, 4) is 39.9 Å². The highest BCUT2D eigenvalue weighted by Gasteiger charge is 2.18. The number of nitrogens with zero attached hydrogens (tertiary/aromatic N) is 4. The number of hydrogen-bond acceptors (Lipinski definition) is 3. The van der Waals surface area contributed by atoms with E-state index in [-0.39, 0.29) is 0 Å². The van der Waals surface area contributed by atoms with Crippen LogP contribution in [0, 0.1) is 0 Å². The van der Waals surface area contributed by atoms with Gasteiger partial charge in [-0.1, -0.05) is 152 Å². The summed E-state index contributed by atoms with van der Waals surface area (Å²) in [4.78, 5) is 15.5. The van der Waals surface area contributed by atoms with Gasteiger partial charge >= 0.3 is 0 Å². The van der Waals surface area contributed by atoms with Gasteiger partial charge in [-0.15, -0.1) is 0 Å². The van der Waals surface area contributed by atoms with E-state index < -0.39 is 0 Å². The Labute approximate surface area is 305 Å². The van der Waals surface area contributed by atoms with Gasteiger partial charge < -0.3 is 4.57 Å². The molecule has 0 saturated carbocycles. The standard InChI is InChI=1S/C49H30N4/c1-2-13-33(14-3-1)47-50-48(36-26-27-40-35(28-36)25-24-32-23-22-31-12-4-7-17-39(31)46(32)40)52-49(51-47)37-29-34-15-5-6-16-38(34)45(30-37)53-43-20-10-8-18-41(43)42-19-9-11-21-44(42)53/h1-30H. The van der Waals surface area contributed by atoms with E-state index in [4.69, 9.17) is 15.0 Å². The minimum Gasteiger partial charge on any atom is -0.309 e. The Morgan fingerprint density at radius 2 is 0.792 bits per heavy atom. The molecule has 53 heavy (non-hydrogen) atoms. The van der Waals surface area contributed by atoms with Crippen molar-refractivity contribution in [1.29, 1.82) is 0 Å². The molecule has 0 N–H and O–H groups in total. The molecular weight excluding hydrogens is 645 g/mol. The third kappa shape index (κ3) is 4.73. The zero-order chi connectivity index (χ0) is 34.9. The van der Waals surface area contributed by atoms with Gasteiger partial charge in [-0.2, -0.15) is 0 Å². The van der Waals surface area contributed by atoms with Gasteiger partial charge in [0.15, 0.2) is 17.5 Å². The lowest BCUT2D eigenvalue weighted by atomic mass is 9.95. The van der Waals surface area contributed by atoms with Gasteiger partial charge in [-0.25, -0.2) is 15.0 Å². The summed E-state index contributed by atoms with van der Waals surface area (Å²) >= 11 is 0. The fourth-order valence-electron chi connectivity index (χ4n) is 8.11. The van der Waals surface area contributed by atoms with Crippen LogP contribution in [-0.2, 0) is 0 Å². The van der Waals surface area contributed by atoms with E-state index in [0.717, 1.165) is 49.6 Å². The van der Waals surface area contributed by atoms with Gasteiger partial charge in [-0.3, -0.25) is 0 Å². The lowest BCUT2D eigenvalue weighted by Gasteiger charge is -2.15. The quantitative estimate of drug-likeness (QED) is 0.175. The monoisotopic (exact) mass is 674 g/mol.